The Balaban J connectivity index is 1.35. The Morgan fingerprint density at radius 1 is 0.479 bits per heavy atom. The molecule has 8 rings (SSSR count). The van der Waals surface area contributed by atoms with Crippen molar-refractivity contribution in [1.82, 2.24) is 9.55 Å². The molecule has 0 saturated heterocycles. The average Bonchev–Trinajstić information content (AvgIpc) is 3.51. The molecule has 48 heavy (non-hydrogen) atoms. The zero-order chi connectivity index (χ0) is 33.0. The minimum atomic E-state index is -1.16. The zero-order valence-corrected chi connectivity index (χ0v) is 27.8. The maximum Gasteiger partial charge on any atom is 0.150 e. The lowest BCUT2D eigenvalue weighted by Crippen LogP contribution is -2.44. The monoisotopic (exact) mass is 614 g/mol. The molecule has 8 aromatic rings. The summed E-state index contributed by atoms with van der Waals surface area (Å²) in [5.74, 6) is 0.640. The fourth-order valence-electron chi connectivity index (χ4n) is 7.03. The van der Waals surface area contributed by atoms with Gasteiger partial charge in [-0.1, -0.05) is 133 Å². The molecule has 3 nitrogen and oxygen atoms in total. The normalized spacial score (nSPS) is 13.2. The third-order valence-electron chi connectivity index (χ3n) is 10.1. The molecule has 0 fully saturated rings. The number of rotatable bonds is 6. The molecule has 0 amide bonds. The topological polar surface area (TPSA) is 38.1 Å². The van der Waals surface area contributed by atoms with Gasteiger partial charge in [0.25, 0.3) is 0 Å². The van der Waals surface area contributed by atoms with Gasteiger partial charge in [-0.2, -0.15) is 0 Å². The van der Waals surface area contributed by atoms with Crippen molar-refractivity contribution in [3.63, 3.8) is 0 Å². The summed E-state index contributed by atoms with van der Waals surface area (Å²) in [5, 5.41) is 16.3. The van der Waals surface area contributed by atoms with Crippen molar-refractivity contribution in [2.45, 2.75) is 10.6 Å². The number of imidazole rings is 1. The molecule has 226 valence electrons. The van der Waals surface area contributed by atoms with Gasteiger partial charge in [0.15, 0.2) is 7.85 Å². The van der Waals surface area contributed by atoms with Gasteiger partial charge in [-0.25, -0.2) is 4.98 Å². The first kappa shape index (κ1) is 30.1. The molecule has 0 radical (unpaired) electrons. The smallest absolute Gasteiger partial charge is 0.150 e. The van der Waals surface area contributed by atoms with Crippen molar-refractivity contribution in [3.05, 3.63) is 157 Å². The Morgan fingerprint density at radius 2 is 0.979 bits per heavy atom. The number of nitrogens with zero attached hydrogens (tertiary/aromatic N) is 2. The van der Waals surface area contributed by atoms with Gasteiger partial charge in [-0.15, -0.1) is 0 Å². The summed E-state index contributed by atoms with van der Waals surface area (Å²) in [6.45, 7) is 0. The third-order valence-corrected chi connectivity index (χ3v) is 10.1. The lowest BCUT2D eigenvalue weighted by molar-refractivity contribution is 0.118. The molecule has 1 unspecified atom stereocenters. The minimum Gasteiger partial charge on any atom is -0.393 e. The number of benzene rings is 7. The highest BCUT2D eigenvalue weighted by atomic mass is 16.3. The van der Waals surface area contributed by atoms with Crippen LogP contribution in [0.2, 0.25) is 5.11 Å². The van der Waals surface area contributed by atoms with E-state index in [4.69, 9.17) is 4.98 Å². The average molecular weight is 614 g/mol. The van der Waals surface area contributed by atoms with E-state index in [-0.39, 0.29) is 0 Å². The van der Waals surface area contributed by atoms with Gasteiger partial charge in [0.1, 0.15) is 5.82 Å². The molecule has 0 aliphatic carbocycles. The predicted molar refractivity (Wildman–Crippen MR) is 213 cm³/mol. The van der Waals surface area contributed by atoms with Gasteiger partial charge in [-0.3, -0.25) is 4.57 Å². The van der Waals surface area contributed by atoms with Crippen LogP contribution in [0.15, 0.2) is 152 Å². The highest BCUT2D eigenvalue weighted by Crippen LogP contribution is 2.46. The second-order valence-corrected chi connectivity index (χ2v) is 13.9. The highest BCUT2D eigenvalue weighted by Gasteiger charge is 2.40. The molecule has 0 spiro atoms. The Kier molecular flexibility index (Phi) is 7.19. The van der Waals surface area contributed by atoms with Crippen molar-refractivity contribution in [3.8, 4) is 39.1 Å². The molecule has 1 N–H and O–H groups in total. The van der Waals surface area contributed by atoms with E-state index in [0.717, 1.165) is 22.3 Å². The first-order valence-corrected chi connectivity index (χ1v) is 16.6. The molecule has 0 aliphatic rings. The molecule has 7 aromatic carbocycles. The summed E-state index contributed by atoms with van der Waals surface area (Å²) in [6, 6.07) is 53.9. The van der Waals surface area contributed by atoms with Crippen LogP contribution in [-0.4, -0.2) is 46.0 Å². The molecule has 7 heteroatoms. The van der Waals surface area contributed by atoms with Crippen LogP contribution < -0.4 is 0 Å². The molecule has 1 aromatic heterocycles. The van der Waals surface area contributed by atoms with Crippen LogP contribution in [0, 0.1) is 0 Å². The fraction of sp³-hybridized carbons (Fsp3) is 0.0488. The van der Waals surface area contributed by atoms with E-state index in [1.165, 1.54) is 49.4 Å². The Bertz CT molecular complexity index is 2410. The summed E-state index contributed by atoms with van der Waals surface area (Å²) in [4.78, 5) is 4.97. The maximum absolute atomic E-state index is 11.9. The van der Waals surface area contributed by atoms with Crippen molar-refractivity contribution >= 4 is 64.0 Å². The second kappa shape index (κ2) is 11.5. The summed E-state index contributed by atoms with van der Waals surface area (Å²) in [6.07, 6.45) is 0. The molecule has 1 atom stereocenters. The van der Waals surface area contributed by atoms with Crippen molar-refractivity contribution in [2.75, 3.05) is 0 Å². The molecule has 0 bridgehead atoms. The molecular weight excluding hydrogens is 580 g/mol. The Hall–Kier alpha value is -5.25. The van der Waals surface area contributed by atoms with Crippen LogP contribution in [0.3, 0.4) is 0 Å². The first-order valence-electron chi connectivity index (χ1n) is 16.6. The van der Waals surface area contributed by atoms with Gasteiger partial charge >= 0.3 is 0 Å². The van der Waals surface area contributed by atoms with E-state index in [9.17, 15) is 5.11 Å². The minimum absolute atomic E-state index is 0.426. The Labute approximate surface area is 284 Å². The summed E-state index contributed by atoms with van der Waals surface area (Å²) < 4.78 is 2.12. The van der Waals surface area contributed by atoms with Gasteiger partial charge in [0.05, 0.1) is 40.1 Å². The SMILES string of the molecule is BC(B)(B)C(B)(O)c1nc2ccccc2n1-c1ccc(-c2c3ccccc3c(-c3ccccc3-c3ccccc3)c3ccccc23)cc1. The van der Waals surface area contributed by atoms with Gasteiger partial charge in [-0.05, 0) is 79.2 Å². The van der Waals surface area contributed by atoms with Gasteiger partial charge in [0.2, 0.25) is 0 Å². The fourth-order valence-corrected chi connectivity index (χ4v) is 7.03. The summed E-state index contributed by atoms with van der Waals surface area (Å²) in [7, 11) is 8.03. The van der Waals surface area contributed by atoms with E-state index in [2.05, 4.69) is 162 Å². The highest BCUT2D eigenvalue weighted by molar-refractivity contribution is 6.62. The van der Waals surface area contributed by atoms with E-state index in [1.807, 2.05) is 26.0 Å². The quantitative estimate of drug-likeness (QED) is 0.182. The number of hydrogen-bond acceptors (Lipinski definition) is 2. The van der Waals surface area contributed by atoms with Crippen LogP contribution in [-0.2, 0) is 5.50 Å². The molecular formula is C41H34B4N2O. The Morgan fingerprint density at radius 3 is 1.58 bits per heavy atom. The third kappa shape index (κ3) is 4.81. The number of aromatic nitrogens is 2. The largest absolute Gasteiger partial charge is 0.393 e. The molecule has 0 aliphatic heterocycles. The maximum atomic E-state index is 11.9. The molecule has 0 saturated carbocycles. The number of hydrogen-bond donors (Lipinski definition) is 1. The van der Waals surface area contributed by atoms with E-state index < -0.39 is 10.6 Å². The lowest BCUT2D eigenvalue weighted by atomic mass is 9.32. The standard InChI is InChI=1S/C41H34B4N2O/c42-40(48,41(43,44)45)39-46-35-20-10-11-21-36(35)47(39)28-24-22-27(23-25-28)37-31-16-6-8-18-33(31)38(34-19-9-7-17-32(34)37)30-15-5-4-14-29(30)26-12-2-1-3-13-26/h1-25,48H,42-45H2. The second-order valence-electron chi connectivity index (χ2n) is 13.9. The van der Waals surface area contributed by atoms with Crippen LogP contribution in [0.4, 0.5) is 0 Å². The van der Waals surface area contributed by atoms with Crippen LogP contribution in [0.1, 0.15) is 5.82 Å². The number of aliphatic hydroxyl groups is 1. The molecule has 1 heterocycles. The first-order chi connectivity index (χ1) is 23.2. The predicted octanol–water partition coefficient (Wildman–Crippen LogP) is 6.08. The summed E-state index contributed by atoms with van der Waals surface area (Å²) >= 11 is 0. The zero-order valence-electron chi connectivity index (χ0n) is 27.8. The number of fused-ring (bicyclic) bond motifs is 3. The van der Waals surface area contributed by atoms with Crippen molar-refractivity contribution < 1.29 is 5.11 Å². The van der Waals surface area contributed by atoms with Crippen LogP contribution in [0.25, 0.3) is 71.6 Å². The van der Waals surface area contributed by atoms with Crippen molar-refractivity contribution in [1.29, 1.82) is 0 Å². The summed E-state index contributed by atoms with van der Waals surface area (Å²) in [5.41, 5.74) is 8.90. The van der Waals surface area contributed by atoms with Crippen molar-refractivity contribution in [2.24, 2.45) is 0 Å². The van der Waals surface area contributed by atoms with Crippen LogP contribution >= 0.6 is 0 Å². The van der Waals surface area contributed by atoms with E-state index >= 15 is 0 Å². The lowest BCUT2D eigenvalue weighted by Gasteiger charge is -2.37. The van der Waals surface area contributed by atoms with Crippen LogP contribution in [0.5, 0.6) is 0 Å². The number of para-hydroxylation sites is 2. The van der Waals surface area contributed by atoms with Gasteiger partial charge < -0.3 is 5.11 Å². The van der Waals surface area contributed by atoms with Gasteiger partial charge in [0, 0.05) is 5.69 Å². The van der Waals surface area contributed by atoms with E-state index in [1.54, 1.807) is 0 Å². The van der Waals surface area contributed by atoms with E-state index in [0.29, 0.717) is 5.82 Å².